The Balaban J connectivity index is 1.75. The quantitative estimate of drug-likeness (QED) is 0.662. The molecular weight excluding hydrogens is 411 g/mol. The minimum atomic E-state index is -4.13. The number of ether oxygens (including phenoxy) is 1. The molecule has 0 aliphatic heterocycles. The number of benzene rings is 2. The maximum atomic E-state index is 12.4. The Bertz CT molecular complexity index is 1070. The minimum Gasteiger partial charge on any atom is -0.439 e. The molecule has 0 aliphatic rings. The van der Waals surface area contributed by atoms with E-state index < -0.39 is 15.9 Å². The van der Waals surface area contributed by atoms with E-state index in [9.17, 15) is 13.2 Å². The molecule has 3 aromatic rings. The van der Waals surface area contributed by atoms with Gasteiger partial charge in [0.1, 0.15) is 10.6 Å². The van der Waals surface area contributed by atoms with Crippen LogP contribution in [0.5, 0.6) is 11.6 Å². The van der Waals surface area contributed by atoms with E-state index in [-0.39, 0.29) is 21.4 Å². The Morgan fingerprint density at radius 3 is 2.37 bits per heavy atom. The van der Waals surface area contributed by atoms with E-state index in [0.717, 1.165) is 6.20 Å². The zero-order valence-corrected chi connectivity index (χ0v) is 15.9. The lowest BCUT2D eigenvalue weighted by Gasteiger charge is -2.09. The van der Waals surface area contributed by atoms with Gasteiger partial charge in [0, 0.05) is 11.1 Å². The number of pyridine rings is 1. The Morgan fingerprint density at radius 2 is 1.74 bits per heavy atom. The molecule has 0 unspecified atom stereocenters. The van der Waals surface area contributed by atoms with Crippen molar-refractivity contribution in [3.05, 3.63) is 82.5 Å². The van der Waals surface area contributed by atoms with Crippen LogP contribution in [0.1, 0.15) is 10.4 Å². The van der Waals surface area contributed by atoms with E-state index in [2.05, 4.69) is 4.98 Å². The summed E-state index contributed by atoms with van der Waals surface area (Å²) in [6.07, 6.45) is 1.09. The van der Waals surface area contributed by atoms with Crippen LogP contribution in [0, 0.1) is 0 Å². The first-order valence-corrected chi connectivity index (χ1v) is 9.80. The summed E-state index contributed by atoms with van der Waals surface area (Å²) in [6, 6.07) is 15.7. The highest BCUT2D eigenvalue weighted by Gasteiger charge is 2.21. The lowest BCUT2D eigenvalue weighted by Crippen LogP contribution is -2.30. The molecule has 138 valence electrons. The standard InChI is InChI=1S/C18H12Cl2N2O4S/c19-12-6-8-15(16(20)10-12)18(23)22-27(24,25)14-7-9-17(21-11-14)26-13-4-2-1-3-5-13/h1-11H,(H,22,23). The monoisotopic (exact) mass is 422 g/mol. The second kappa shape index (κ2) is 7.96. The number of rotatable bonds is 5. The number of nitrogens with zero attached hydrogens (tertiary/aromatic N) is 1. The third-order valence-electron chi connectivity index (χ3n) is 3.39. The zero-order valence-electron chi connectivity index (χ0n) is 13.6. The van der Waals surface area contributed by atoms with Gasteiger partial charge in [-0.25, -0.2) is 18.1 Å². The number of aromatic nitrogens is 1. The highest BCUT2D eigenvalue weighted by molar-refractivity contribution is 7.90. The second-order valence-electron chi connectivity index (χ2n) is 5.31. The first-order valence-electron chi connectivity index (χ1n) is 7.56. The molecule has 0 bridgehead atoms. The van der Waals surface area contributed by atoms with Gasteiger partial charge in [0.25, 0.3) is 15.9 Å². The van der Waals surface area contributed by atoms with Gasteiger partial charge in [-0.1, -0.05) is 41.4 Å². The summed E-state index contributed by atoms with van der Waals surface area (Å²) < 4.78 is 32.2. The Kier molecular flexibility index (Phi) is 5.65. The minimum absolute atomic E-state index is 0.0124. The van der Waals surface area contributed by atoms with Crippen molar-refractivity contribution in [1.29, 1.82) is 0 Å². The summed E-state index contributed by atoms with van der Waals surface area (Å²) in [5.41, 5.74) is -0.0124. The van der Waals surface area contributed by atoms with Crippen molar-refractivity contribution < 1.29 is 17.9 Å². The largest absolute Gasteiger partial charge is 0.439 e. The number of hydrogen-bond donors (Lipinski definition) is 1. The fourth-order valence-electron chi connectivity index (χ4n) is 2.10. The van der Waals surface area contributed by atoms with E-state index in [1.807, 2.05) is 10.8 Å². The van der Waals surface area contributed by atoms with Crippen LogP contribution in [-0.2, 0) is 10.0 Å². The number of halogens is 2. The van der Waals surface area contributed by atoms with Crippen molar-refractivity contribution in [1.82, 2.24) is 9.71 Å². The van der Waals surface area contributed by atoms with Crippen molar-refractivity contribution in [3.8, 4) is 11.6 Å². The lowest BCUT2D eigenvalue weighted by molar-refractivity contribution is 0.0981. The van der Waals surface area contributed by atoms with Gasteiger partial charge in [0.15, 0.2) is 0 Å². The molecule has 2 aromatic carbocycles. The predicted octanol–water partition coefficient (Wildman–Crippen LogP) is 4.30. The first-order chi connectivity index (χ1) is 12.8. The highest BCUT2D eigenvalue weighted by atomic mass is 35.5. The number of amides is 1. The third-order valence-corrected chi connectivity index (χ3v) is 5.25. The van der Waals surface area contributed by atoms with E-state index >= 15 is 0 Å². The lowest BCUT2D eigenvalue weighted by atomic mass is 10.2. The van der Waals surface area contributed by atoms with Gasteiger partial charge in [-0.15, -0.1) is 0 Å². The average molecular weight is 423 g/mol. The fraction of sp³-hybridized carbons (Fsp3) is 0. The number of hydrogen-bond acceptors (Lipinski definition) is 5. The normalized spacial score (nSPS) is 11.0. The van der Waals surface area contributed by atoms with Crippen LogP contribution in [-0.4, -0.2) is 19.3 Å². The van der Waals surface area contributed by atoms with Crippen molar-refractivity contribution in [3.63, 3.8) is 0 Å². The molecular formula is C18H12Cl2N2O4S. The number of para-hydroxylation sites is 1. The van der Waals surface area contributed by atoms with Gasteiger partial charge in [-0.05, 0) is 36.4 Å². The van der Waals surface area contributed by atoms with Gasteiger partial charge in [0.2, 0.25) is 5.88 Å². The molecule has 1 aromatic heterocycles. The van der Waals surface area contributed by atoms with E-state index in [1.165, 1.54) is 30.3 Å². The molecule has 0 fully saturated rings. The van der Waals surface area contributed by atoms with Gasteiger partial charge in [-0.3, -0.25) is 4.79 Å². The fourth-order valence-corrected chi connectivity index (χ4v) is 3.51. The molecule has 3 rings (SSSR count). The molecule has 6 nitrogen and oxygen atoms in total. The van der Waals surface area contributed by atoms with Crippen LogP contribution in [0.25, 0.3) is 0 Å². The Labute approximate surface area is 165 Å². The number of carbonyl (C=O) groups is 1. The van der Waals surface area contributed by atoms with Crippen LogP contribution in [0.15, 0.2) is 71.8 Å². The average Bonchev–Trinajstić information content (AvgIpc) is 2.62. The van der Waals surface area contributed by atoms with Crippen LogP contribution >= 0.6 is 23.2 Å². The molecule has 0 saturated carbocycles. The van der Waals surface area contributed by atoms with Crippen molar-refractivity contribution in [2.45, 2.75) is 4.90 Å². The second-order valence-corrected chi connectivity index (χ2v) is 7.83. The van der Waals surface area contributed by atoms with Crippen LogP contribution < -0.4 is 9.46 Å². The third kappa shape index (κ3) is 4.77. The number of nitrogens with one attached hydrogen (secondary N) is 1. The van der Waals surface area contributed by atoms with E-state index in [0.29, 0.717) is 10.8 Å². The van der Waals surface area contributed by atoms with E-state index in [1.54, 1.807) is 24.3 Å². The van der Waals surface area contributed by atoms with Gasteiger partial charge < -0.3 is 4.74 Å². The summed E-state index contributed by atoms with van der Waals surface area (Å²) in [5, 5.41) is 0.373. The van der Waals surface area contributed by atoms with Gasteiger partial charge >= 0.3 is 0 Å². The summed E-state index contributed by atoms with van der Waals surface area (Å²) in [4.78, 5) is 16.0. The first kappa shape index (κ1) is 19.2. The molecule has 1 amide bonds. The summed E-state index contributed by atoms with van der Waals surface area (Å²) in [6.45, 7) is 0. The Morgan fingerprint density at radius 1 is 1.00 bits per heavy atom. The summed E-state index contributed by atoms with van der Waals surface area (Å²) in [5.74, 6) is -0.0974. The summed E-state index contributed by atoms with van der Waals surface area (Å²) >= 11 is 11.7. The van der Waals surface area contributed by atoms with Crippen LogP contribution in [0.4, 0.5) is 0 Å². The molecule has 1 heterocycles. The highest BCUT2D eigenvalue weighted by Crippen LogP contribution is 2.22. The SMILES string of the molecule is O=C(NS(=O)(=O)c1ccc(Oc2ccccc2)nc1)c1ccc(Cl)cc1Cl. The number of carbonyl (C=O) groups excluding carboxylic acids is 1. The van der Waals surface area contributed by atoms with Crippen molar-refractivity contribution in [2.75, 3.05) is 0 Å². The molecule has 0 radical (unpaired) electrons. The van der Waals surface area contributed by atoms with Crippen molar-refractivity contribution in [2.24, 2.45) is 0 Å². The molecule has 0 spiro atoms. The van der Waals surface area contributed by atoms with Crippen molar-refractivity contribution >= 4 is 39.1 Å². The molecule has 0 saturated heterocycles. The predicted molar refractivity (Wildman–Crippen MR) is 102 cm³/mol. The zero-order chi connectivity index (χ0) is 19.4. The molecule has 9 heteroatoms. The van der Waals surface area contributed by atoms with Crippen LogP contribution in [0.2, 0.25) is 10.0 Å². The maximum absolute atomic E-state index is 12.4. The maximum Gasteiger partial charge on any atom is 0.266 e. The molecule has 0 aliphatic carbocycles. The van der Waals surface area contributed by atoms with E-state index in [4.69, 9.17) is 27.9 Å². The van der Waals surface area contributed by atoms with Crippen LogP contribution in [0.3, 0.4) is 0 Å². The Hall–Kier alpha value is -2.61. The molecule has 0 atom stereocenters. The number of sulfonamides is 1. The smallest absolute Gasteiger partial charge is 0.266 e. The van der Waals surface area contributed by atoms with Gasteiger partial charge in [0.05, 0.1) is 16.8 Å². The molecule has 27 heavy (non-hydrogen) atoms. The molecule has 1 N–H and O–H groups in total. The summed E-state index contributed by atoms with van der Waals surface area (Å²) in [7, 11) is -4.13. The topological polar surface area (TPSA) is 85.4 Å². The van der Waals surface area contributed by atoms with Gasteiger partial charge in [-0.2, -0.15) is 0 Å².